The van der Waals surface area contributed by atoms with Crippen LogP contribution >= 0.6 is 12.2 Å². The SMILES string of the molecule is CCNC(=S)NNC(=O)c1cc(-c2ccc(C)c(C)c2)nc2ccccc12. The Hall–Kier alpha value is -2.99. The molecule has 3 N–H and O–H groups in total. The maximum absolute atomic E-state index is 12.8. The number of aromatic nitrogens is 1. The van der Waals surface area contributed by atoms with Gasteiger partial charge in [0.15, 0.2) is 5.11 Å². The average Bonchev–Trinajstić information content (AvgIpc) is 2.67. The van der Waals surface area contributed by atoms with Crippen molar-refractivity contribution in [1.29, 1.82) is 0 Å². The standard InChI is InChI=1S/C21H22N4OS/c1-4-22-21(27)25-24-20(26)17-12-19(15-10-9-13(2)14(3)11-15)23-18-8-6-5-7-16(17)18/h5-12H,4H2,1-3H3,(H,24,26)(H2,22,25,27). The van der Waals surface area contributed by atoms with Gasteiger partial charge in [-0.15, -0.1) is 0 Å². The van der Waals surface area contributed by atoms with Crippen molar-refractivity contribution in [2.24, 2.45) is 0 Å². The highest BCUT2D eigenvalue weighted by Crippen LogP contribution is 2.26. The number of pyridine rings is 1. The molecule has 0 saturated heterocycles. The second-order valence-corrected chi connectivity index (χ2v) is 6.72. The third-order valence-corrected chi connectivity index (χ3v) is 4.64. The van der Waals surface area contributed by atoms with Gasteiger partial charge in [-0.1, -0.05) is 30.3 Å². The molecule has 0 aliphatic carbocycles. The number of hydrogen-bond donors (Lipinski definition) is 3. The van der Waals surface area contributed by atoms with Crippen LogP contribution in [-0.4, -0.2) is 22.5 Å². The van der Waals surface area contributed by atoms with Gasteiger partial charge >= 0.3 is 0 Å². The summed E-state index contributed by atoms with van der Waals surface area (Å²) in [6.45, 7) is 6.75. The Labute approximate surface area is 164 Å². The van der Waals surface area contributed by atoms with Crippen LogP contribution in [0.4, 0.5) is 0 Å². The van der Waals surface area contributed by atoms with E-state index in [0.29, 0.717) is 17.2 Å². The first-order chi connectivity index (χ1) is 13.0. The van der Waals surface area contributed by atoms with Crippen LogP contribution in [0, 0.1) is 13.8 Å². The van der Waals surface area contributed by atoms with E-state index in [0.717, 1.165) is 22.2 Å². The minimum atomic E-state index is -0.265. The van der Waals surface area contributed by atoms with Gasteiger partial charge in [0.1, 0.15) is 0 Å². The highest BCUT2D eigenvalue weighted by atomic mass is 32.1. The lowest BCUT2D eigenvalue weighted by atomic mass is 10.0. The van der Waals surface area contributed by atoms with Crippen LogP contribution in [0.15, 0.2) is 48.5 Å². The fraction of sp³-hybridized carbons (Fsp3) is 0.190. The molecule has 0 spiro atoms. The highest BCUT2D eigenvalue weighted by molar-refractivity contribution is 7.80. The number of benzene rings is 2. The normalized spacial score (nSPS) is 10.5. The van der Waals surface area contributed by atoms with Crippen molar-refractivity contribution in [3.05, 3.63) is 65.2 Å². The lowest BCUT2D eigenvalue weighted by Gasteiger charge is -2.13. The average molecular weight is 379 g/mol. The predicted molar refractivity (Wildman–Crippen MR) is 114 cm³/mol. The maximum atomic E-state index is 12.8. The number of nitrogens with zero attached hydrogens (tertiary/aromatic N) is 1. The molecule has 1 amide bonds. The molecule has 0 fully saturated rings. The third kappa shape index (κ3) is 4.23. The zero-order chi connectivity index (χ0) is 19.4. The summed E-state index contributed by atoms with van der Waals surface area (Å²) in [5.41, 5.74) is 10.8. The topological polar surface area (TPSA) is 66.0 Å². The van der Waals surface area contributed by atoms with Crippen LogP contribution in [0.25, 0.3) is 22.2 Å². The molecule has 2 aromatic carbocycles. The molecule has 0 saturated carbocycles. The molecule has 3 rings (SSSR count). The second kappa shape index (κ2) is 8.14. The quantitative estimate of drug-likeness (QED) is 0.480. The number of rotatable bonds is 3. The minimum Gasteiger partial charge on any atom is -0.362 e. The molecule has 1 aromatic heterocycles. The van der Waals surface area contributed by atoms with Crippen molar-refractivity contribution in [3.63, 3.8) is 0 Å². The van der Waals surface area contributed by atoms with Crippen LogP contribution in [0.2, 0.25) is 0 Å². The molecule has 6 heteroatoms. The Balaban J connectivity index is 2.01. The fourth-order valence-corrected chi connectivity index (χ4v) is 2.99. The highest BCUT2D eigenvalue weighted by Gasteiger charge is 2.14. The van der Waals surface area contributed by atoms with Crippen LogP contribution in [0.1, 0.15) is 28.4 Å². The van der Waals surface area contributed by atoms with E-state index in [9.17, 15) is 4.79 Å². The largest absolute Gasteiger partial charge is 0.362 e. The zero-order valence-corrected chi connectivity index (χ0v) is 16.4. The number of aryl methyl sites for hydroxylation is 2. The molecule has 3 aromatic rings. The Morgan fingerprint density at radius 2 is 1.81 bits per heavy atom. The summed E-state index contributed by atoms with van der Waals surface area (Å²) in [5.74, 6) is -0.265. The van der Waals surface area contributed by atoms with E-state index in [1.54, 1.807) is 0 Å². The first-order valence-electron chi connectivity index (χ1n) is 8.81. The molecule has 0 unspecified atom stereocenters. The second-order valence-electron chi connectivity index (χ2n) is 6.31. The molecule has 138 valence electrons. The molecule has 0 radical (unpaired) electrons. The molecular weight excluding hydrogens is 356 g/mol. The third-order valence-electron chi connectivity index (χ3n) is 4.39. The van der Waals surface area contributed by atoms with Gasteiger partial charge in [0.05, 0.1) is 16.8 Å². The van der Waals surface area contributed by atoms with Gasteiger partial charge in [0.25, 0.3) is 5.91 Å². The number of amides is 1. The van der Waals surface area contributed by atoms with Gasteiger partial charge in [-0.05, 0) is 62.3 Å². The van der Waals surface area contributed by atoms with Crippen molar-refractivity contribution < 1.29 is 4.79 Å². The van der Waals surface area contributed by atoms with Crippen LogP contribution in [-0.2, 0) is 0 Å². The summed E-state index contributed by atoms with van der Waals surface area (Å²) in [5, 5.41) is 4.10. The van der Waals surface area contributed by atoms with E-state index >= 15 is 0 Å². The van der Waals surface area contributed by atoms with E-state index in [-0.39, 0.29) is 5.91 Å². The summed E-state index contributed by atoms with van der Waals surface area (Å²) < 4.78 is 0. The van der Waals surface area contributed by atoms with Gasteiger partial charge in [-0.2, -0.15) is 0 Å². The Morgan fingerprint density at radius 3 is 2.56 bits per heavy atom. The van der Waals surface area contributed by atoms with E-state index < -0.39 is 0 Å². The van der Waals surface area contributed by atoms with E-state index in [1.165, 1.54) is 11.1 Å². The number of carbonyl (C=O) groups excluding carboxylic acids is 1. The van der Waals surface area contributed by atoms with Crippen molar-refractivity contribution in [1.82, 2.24) is 21.2 Å². The number of fused-ring (bicyclic) bond motifs is 1. The van der Waals surface area contributed by atoms with Crippen LogP contribution < -0.4 is 16.2 Å². The minimum absolute atomic E-state index is 0.265. The monoisotopic (exact) mass is 378 g/mol. The van der Waals surface area contributed by atoms with Crippen molar-refractivity contribution in [2.75, 3.05) is 6.54 Å². The summed E-state index contributed by atoms with van der Waals surface area (Å²) in [7, 11) is 0. The number of hydrogen-bond acceptors (Lipinski definition) is 3. The molecule has 1 heterocycles. The molecule has 27 heavy (non-hydrogen) atoms. The Kier molecular flexibility index (Phi) is 5.66. The molecule has 0 aliphatic heterocycles. The summed E-state index contributed by atoms with van der Waals surface area (Å²) in [6, 6.07) is 15.6. The lowest BCUT2D eigenvalue weighted by Crippen LogP contribution is -2.46. The predicted octanol–water partition coefficient (Wildman–Crippen LogP) is 3.65. The number of para-hydroxylation sites is 1. The first kappa shape index (κ1) is 18.8. The van der Waals surface area contributed by atoms with Crippen molar-refractivity contribution >= 4 is 34.1 Å². The van der Waals surface area contributed by atoms with Crippen LogP contribution in [0.5, 0.6) is 0 Å². The van der Waals surface area contributed by atoms with Gasteiger partial charge in [-0.3, -0.25) is 15.6 Å². The van der Waals surface area contributed by atoms with E-state index in [4.69, 9.17) is 17.2 Å². The van der Waals surface area contributed by atoms with E-state index in [2.05, 4.69) is 42.1 Å². The molecule has 0 atom stereocenters. The van der Waals surface area contributed by atoms with Gasteiger partial charge < -0.3 is 5.32 Å². The number of thiocarbonyl (C=S) groups is 1. The number of carbonyl (C=O) groups is 1. The fourth-order valence-electron chi connectivity index (χ4n) is 2.80. The molecule has 5 nitrogen and oxygen atoms in total. The Morgan fingerprint density at radius 1 is 1.04 bits per heavy atom. The first-order valence-corrected chi connectivity index (χ1v) is 9.22. The van der Waals surface area contributed by atoms with Crippen molar-refractivity contribution in [3.8, 4) is 11.3 Å². The molecular formula is C21H22N4OS. The summed E-state index contributed by atoms with van der Waals surface area (Å²) in [6.07, 6.45) is 0. The van der Waals surface area contributed by atoms with Gasteiger partial charge in [0, 0.05) is 17.5 Å². The molecule has 0 bridgehead atoms. The maximum Gasteiger partial charge on any atom is 0.270 e. The van der Waals surface area contributed by atoms with Gasteiger partial charge in [-0.25, -0.2) is 4.98 Å². The number of nitrogens with one attached hydrogen (secondary N) is 3. The zero-order valence-electron chi connectivity index (χ0n) is 15.6. The summed E-state index contributed by atoms with van der Waals surface area (Å²) in [4.78, 5) is 17.5. The number of hydrazine groups is 1. The van der Waals surface area contributed by atoms with Crippen LogP contribution in [0.3, 0.4) is 0 Å². The van der Waals surface area contributed by atoms with Crippen molar-refractivity contribution in [2.45, 2.75) is 20.8 Å². The molecule has 0 aliphatic rings. The smallest absolute Gasteiger partial charge is 0.270 e. The summed E-state index contributed by atoms with van der Waals surface area (Å²) >= 11 is 5.10. The lowest BCUT2D eigenvalue weighted by molar-refractivity contribution is 0.0945. The van der Waals surface area contributed by atoms with Gasteiger partial charge in [0.2, 0.25) is 0 Å². The van der Waals surface area contributed by atoms with E-state index in [1.807, 2.05) is 43.3 Å². The Bertz CT molecular complexity index is 1020.